The fourth-order valence-electron chi connectivity index (χ4n) is 2.34. The third-order valence-corrected chi connectivity index (χ3v) is 4.29. The lowest BCUT2D eigenvalue weighted by Crippen LogP contribution is -2.40. The normalized spacial score (nSPS) is 13.2. The first-order valence-electron chi connectivity index (χ1n) is 7.71. The minimum Gasteiger partial charge on any atom is -0.375 e. The summed E-state index contributed by atoms with van der Waals surface area (Å²) in [5.41, 5.74) is 1.95. The zero-order valence-corrected chi connectivity index (χ0v) is 14.8. The van der Waals surface area contributed by atoms with Crippen LogP contribution < -0.4 is 5.32 Å². The average molecular weight is 348 g/mol. The van der Waals surface area contributed by atoms with E-state index in [4.69, 9.17) is 16.3 Å². The van der Waals surface area contributed by atoms with E-state index in [1.165, 1.54) is 0 Å². The molecule has 1 aromatic heterocycles. The van der Waals surface area contributed by atoms with Crippen LogP contribution in [0.1, 0.15) is 30.2 Å². The highest BCUT2D eigenvalue weighted by Crippen LogP contribution is 2.20. The highest BCUT2D eigenvalue weighted by molar-refractivity contribution is 6.30. The molecule has 2 rings (SSSR count). The standard InChI is InChI=1S/C18H22ClN3O2/c1-13(15-5-4-10-20-11-15)22(2)18(23)21-12-17(24-3)14-6-8-16(19)9-7-14/h4-11,13,17H,12H2,1-3H3,(H,21,23). The molecule has 0 aliphatic rings. The number of hydrogen-bond acceptors (Lipinski definition) is 3. The number of hydrogen-bond donors (Lipinski definition) is 1. The van der Waals surface area contributed by atoms with Crippen LogP contribution in [-0.4, -0.2) is 36.6 Å². The van der Waals surface area contributed by atoms with Gasteiger partial charge >= 0.3 is 6.03 Å². The van der Waals surface area contributed by atoms with Crippen molar-refractivity contribution in [1.29, 1.82) is 0 Å². The van der Waals surface area contributed by atoms with Gasteiger partial charge in [0.15, 0.2) is 0 Å². The van der Waals surface area contributed by atoms with E-state index in [-0.39, 0.29) is 18.2 Å². The number of amides is 2. The van der Waals surface area contributed by atoms with Crippen LogP contribution in [0.4, 0.5) is 4.79 Å². The first-order valence-corrected chi connectivity index (χ1v) is 8.09. The largest absolute Gasteiger partial charge is 0.375 e. The zero-order chi connectivity index (χ0) is 17.5. The average Bonchev–Trinajstić information content (AvgIpc) is 2.62. The monoisotopic (exact) mass is 347 g/mol. The minimum atomic E-state index is -0.228. The van der Waals surface area contributed by atoms with Gasteiger partial charge in [-0.3, -0.25) is 4.98 Å². The van der Waals surface area contributed by atoms with E-state index in [1.54, 1.807) is 43.6 Å². The Hall–Kier alpha value is -2.11. The summed E-state index contributed by atoms with van der Waals surface area (Å²) in [5.74, 6) is 0. The van der Waals surface area contributed by atoms with Crippen LogP contribution in [0.2, 0.25) is 5.02 Å². The van der Waals surface area contributed by atoms with Crippen molar-refractivity contribution in [2.75, 3.05) is 20.7 Å². The quantitative estimate of drug-likeness (QED) is 0.864. The van der Waals surface area contributed by atoms with Crippen molar-refractivity contribution >= 4 is 17.6 Å². The fraction of sp³-hybridized carbons (Fsp3) is 0.333. The molecule has 0 bridgehead atoms. The number of halogens is 1. The van der Waals surface area contributed by atoms with Crippen molar-refractivity contribution in [2.45, 2.75) is 19.1 Å². The molecule has 0 spiro atoms. The molecule has 0 aliphatic heterocycles. The van der Waals surface area contributed by atoms with Gasteiger partial charge in [-0.2, -0.15) is 0 Å². The van der Waals surface area contributed by atoms with Gasteiger partial charge in [0.05, 0.1) is 12.1 Å². The molecule has 0 radical (unpaired) electrons. The molecular formula is C18H22ClN3O2. The van der Waals surface area contributed by atoms with Crippen LogP contribution in [0.25, 0.3) is 0 Å². The number of aromatic nitrogens is 1. The maximum atomic E-state index is 12.4. The summed E-state index contributed by atoms with van der Waals surface area (Å²) in [6, 6.07) is 11.0. The first kappa shape index (κ1) is 18.2. The summed E-state index contributed by atoms with van der Waals surface area (Å²) in [6.45, 7) is 2.34. The number of carbonyl (C=O) groups excluding carboxylic acids is 1. The van der Waals surface area contributed by atoms with Gasteiger partial charge in [0, 0.05) is 38.1 Å². The van der Waals surface area contributed by atoms with E-state index >= 15 is 0 Å². The summed E-state index contributed by atoms with van der Waals surface area (Å²) in [6.07, 6.45) is 3.25. The Balaban J connectivity index is 1.94. The van der Waals surface area contributed by atoms with Crippen LogP contribution in [0, 0.1) is 0 Å². The predicted octanol–water partition coefficient (Wildman–Crippen LogP) is 3.83. The van der Waals surface area contributed by atoms with E-state index in [1.807, 2.05) is 31.2 Å². The van der Waals surface area contributed by atoms with Crippen molar-refractivity contribution in [3.05, 3.63) is 64.9 Å². The van der Waals surface area contributed by atoms with Crippen molar-refractivity contribution in [2.24, 2.45) is 0 Å². The van der Waals surface area contributed by atoms with Crippen LogP contribution in [-0.2, 0) is 4.74 Å². The van der Waals surface area contributed by atoms with Gasteiger partial charge in [0.2, 0.25) is 0 Å². The number of methoxy groups -OCH3 is 1. The number of urea groups is 1. The van der Waals surface area contributed by atoms with E-state index in [0.29, 0.717) is 11.6 Å². The number of benzene rings is 1. The molecule has 0 saturated carbocycles. The SMILES string of the molecule is COC(CNC(=O)N(C)C(C)c1cccnc1)c1ccc(Cl)cc1. The van der Waals surface area contributed by atoms with E-state index in [2.05, 4.69) is 10.3 Å². The molecular weight excluding hydrogens is 326 g/mol. The summed E-state index contributed by atoms with van der Waals surface area (Å²) < 4.78 is 5.47. The summed E-state index contributed by atoms with van der Waals surface area (Å²) >= 11 is 5.90. The number of ether oxygens (including phenoxy) is 1. The van der Waals surface area contributed by atoms with Crippen molar-refractivity contribution < 1.29 is 9.53 Å². The zero-order valence-electron chi connectivity index (χ0n) is 14.1. The fourth-order valence-corrected chi connectivity index (χ4v) is 2.47. The second-order valence-electron chi connectivity index (χ2n) is 5.54. The van der Waals surface area contributed by atoms with Gasteiger partial charge in [0.25, 0.3) is 0 Å². The van der Waals surface area contributed by atoms with Crippen LogP contribution in [0.15, 0.2) is 48.8 Å². The third kappa shape index (κ3) is 4.69. The minimum absolute atomic E-state index is 0.0739. The van der Waals surface area contributed by atoms with Gasteiger partial charge in [-0.15, -0.1) is 0 Å². The Bertz CT molecular complexity index is 649. The number of carbonyl (C=O) groups is 1. The van der Waals surface area contributed by atoms with Gasteiger partial charge in [0.1, 0.15) is 0 Å². The second kappa shape index (κ2) is 8.66. The summed E-state index contributed by atoms with van der Waals surface area (Å²) in [7, 11) is 3.38. The molecule has 6 heteroatoms. The Morgan fingerprint density at radius 3 is 2.58 bits per heavy atom. The van der Waals surface area contributed by atoms with Crippen molar-refractivity contribution in [3.63, 3.8) is 0 Å². The Kier molecular flexibility index (Phi) is 6.58. The molecule has 2 amide bonds. The van der Waals surface area contributed by atoms with Crippen molar-refractivity contribution in [3.8, 4) is 0 Å². The molecule has 2 aromatic rings. The van der Waals surface area contributed by atoms with Crippen LogP contribution >= 0.6 is 11.6 Å². The van der Waals surface area contributed by atoms with Crippen LogP contribution in [0.3, 0.4) is 0 Å². The van der Waals surface area contributed by atoms with E-state index in [9.17, 15) is 4.79 Å². The lowest BCUT2D eigenvalue weighted by molar-refractivity contribution is 0.101. The number of pyridine rings is 1. The predicted molar refractivity (Wildman–Crippen MR) is 95.0 cm³/mol. The highest BCUT2D eigenvalue weighted by Gasteiger charge is 2.19. The molecule has 1 N–H and O–H groups in total. The van der Waals surface area contributed by atoms with Gasteiger partial charge in [-0.1, -0.05) is 29.8 Å². The molecule has 1 heterocycles. The third-order valence-electron chi connectivity index (χ3n) is 4.03. The maximum absolute atomic E-state index is 12.4. The number of rotatable bonds is 6. The Labute approximate surface area is 147 Å². The molecule has 2 atom stereocenters. The second-order valence-corrected chi connectivity index (χ2v) is 5.97. The Morgan fingerprint density at radius 1 is 1.29 bits per heavy atom. The lowest BCUT2D eigenvalue weighted by atomic mass is 10.1. The topological polar surface area (TPSA) is 54.5 Å². The van der Waals surface area contributed by atoms with E-state index < -0.39 is 0 Å². The van der Waals surface area contributed by atoms with Gasteiger partial charge < -0.3 is 15.0 Å². The first-order chi connectivity index (χ1) is 11.5. The van der Waals surface area contributed by atoms with Crippen molar-refractivity contribution in [1.82, 2.24) is 15.2 Å². The maximum Gasteiger partial charge on any atom is 0.317 e. The molecule has 0 fully saturated rings. The van der Waals surface area contributed by atoms with E-state index in [0.717, 1.165) is 11.1 Å². The molecule has 0 saturated heterocycles. The van der Waals surface area contributed by atoms with Gasteiger partial charge in [-0.25, -0.2) is 4.79 Å². The highest BCUT2D eigenvalue weighted by atomic mass is 35.5. The molecule has 5 nitrogen and oxygen atoms in total. The molecule has 1 aromatic carbocycles. The lowest BCUT2D eigenvalue weighted by Gasteiger charge is -2.26. The van der Waals surface area contributed by atoms with Crippen LogP contribution in [0.5, 0.6) is 0 Å². The number of nitrogens with one attached hydrogen (secondary N) is 1. The Morgan fingerprint density at radius 2 is 2.00 bits per heavy atom. The smallest absolute Gasteiger partial charge is 0.317 e. The van der Waals surface area contributed by atoms with Gasteiger partial charge in [-0.05, 0) is 36.2 Å². The summed E-state index contributed by atoms with van der Waals surface area (Å²) in [5, 5.41) is 3.57. The molecule has 128 valence electrons. The molecule has 2 unspecified atom stereocenters. The molecule has 24 heavy (non-hydrogen) atoms. The molecule has 0 aliphatic carbocycles. The summed E-state index contributed by atoms with van der Waals surface area (Å²) in [4.78, 5) is 18.1. The number of nitrogens with zero attached hydrogens (tertiary/aromatic N) is 2.